The number of aliphatic hydroxyl groups excluding tert-OH is 1. The minimum Gasteiger partial charge on any atom is -0.392 e. The molecule has 0 aliphatic rings. The average Bonchev–Trinajstić information content (AvgIpc) is 2.90. The maximum atomic E-state index is 9.20. The highest BCUT2D eigenvalue weighted by Crippen LogP contribution is 2.20. The van der Waals surface area contributed by atoms with Gasteiger partial charge in [-0.1, -0.05) is 44.2 Å². The van der Waals surface area contributed by atoms with Gasteiger partial charge in [0.15, 0.2) is 0 Å². The van der Waals surface area contributed by atoms with Crippen LogP contribution in [0.5, 0.6) is 0 Å². The summed E-state index contributed by atoms with van der Waals surface area (Å²) in [6, 6.07) is 17.1. The smallest absolute Gasteiger partial charge is 0.0682 e. The van der Waals surface area contributed by atoms with E-state index in [-0.39, 0.29) is 6.61 Å². The zero-order valence-corrected chi connectivity index (χ0v) is 12.6. The predicted molar refractivity (Wildman–Crippen MR) is 87.5 cm³/mol. The first-order chi connectivity index (χ1) is 10.2. The zero-order chi connectivity index (χ0) is 14.8. The lowest BCUT2D eigenvalue weighted by Crippen LogP contribution is -1.98. The van der Waals surface area contributed by atoms with E-state index in [0.717, 1.165) is 12.1 Å². The summed E-state index contributed by atoms with van der Waals surface area (Å²) in [6.45, 7) is 5.40. The highest BCUT2D eigenvalue weighted by molar-refractivity contribution is 5.81. The van der Waals surface area contributed by atoms with Gasteiger partial charge < -0.3 is 9.67 Å². The Labute approximate surface area is 125 Å². The minimum atomic E-state index is 0.0950. The quantitative estimate of drug-likeness (QED) is 0.756. The molecule has 0 spiro atoms. The van der Waals surface area contributed by atoms with Crippen LogP contribution in [0.1, 0.15) is 36.5 Å². The lowest BCUT2D eigenvalue weighted by molar-refractivity contribution is 0.282. The second-order valence-corrected chi connectivity index (χ2v) is 5.89. The average molecular weight is 279 g/mol. The van der Waals surface area contributed by atoms with Gasteiger partial charge in [0, 0.05) is 18.3 Å². The number of nitrogens with zero attached hydrogens (tertiary/aromatic N) is 1. The minimum absolute atomic E-state index is 0.0950. The van der Waals surface area contributed by atoms with Crippen LogP contribution in [0.3, 0.4) is 0 Å². The van der Waals surface area contributed by atoms with E-state index in [2.05, 4.69) is 61.0 Å². The number of aliphatic hydroxyl groups is 1. The first kappa shape index (κ1) is 13.9. The molecule has 1 aromatic heterocycles. The van der Waals surface area contributed by atoms with Crippen molar-refractivity contribution in [2.24, 2.45) is 0 Å². The number of hydrogen-bond donors (Lipinski definition) is 1. The lowest BCUT2D eigenvalue weighted by Gasteiger charge is -2.09. The predicted octanol–water partition coefficient (Wildman–Crippen LogP) is 4.31. The van der Waals surface area contributed by atoms with Crippen molar-refractivity contribution in [1.29, 1.82) is 0 Å². The van der Waals surface area contributed by atoms with E-state index in [9.17, 15) is 5.11 Å². The second-order valence-electron chi connectivity index (χ2n) is 5.89. The topological polar surface area (TPSA) is 25.2 Å². The highest BCUT2D eigenvalue weighted by Gasteiger charge is 2.04. The fourth-order valence-electron chi connectivity index (χ4n) is 2.69. The Morgan fingerprint density at radius 3 is 2.33 bits per heavy atom. The molecule has 0 atom stereocenters. The van der Waals surface area contributed by atoms with Gasteiger partial charge in [0.2, 0.25) is 0 Å². The van der Waals surface area contributed by atoms with Gasteiger partial charge in [0.1, 0.15) is 0 Å². The van der Waals surface area contributed by atoms with Crippen LogP contribution in [0.15, 0.2) is 54.7 Å². The van der Waals surface area contributed by atoms with Gasteiger partial charge in [-0.05, 0) is 46.2 Å². The van der Waals surface area contributed by atoms with Crippen LogP contribution in [0.4, 0.5) is 0 Å². The Balaban J connectivity index is 1.87. The molecule has 2 nitrogen and oxygen atoms in total. The molecule has 0 unspecified atom stereocenters. The maximum Gasteiger partial charge on any atom is 0.0682 e. The van der Waals surface area contributed by atoms with E-state index < -0.39 is 0 Å². The molecule has 0 radical (unpaired) electrons. The molecule has 21 heavy (non-hydrogen) atoms. The number of rotatable bonds is 4. The number of hydrogen-bond acceptors (Lipinski definition) is 1. The molecule has 0 fully saturated rings. The molecular weight excluding hydrogens is 258 g/mol. The summed E-state index contributed by atoms with van der Waals surface area (Å²) in [5.41, 5.74) is 4.86. The van der Waals surface area contributed by atoms with Crippen molar-refractivity contribution in [3.63, 3.8) is 0 Å². The molecule has 0 saturated heterocycles. The summed E-state index contributed by atoms with van der Waals surface area (Å²) in [6.07, 6.45) is 2.11. The van der Waals surface area contributed by atoms with Crippen LogP contribution in [0.2, 0.25) is 0 Å². The molecule has 2 heteroatoms. The van der Waals surface area contributed by atoms with E-state index in [0.29, 0.717) is 5.92 Å². The summed E-state index contributed by atoms with van der Waals surface area (Å²) < 4.78 is 2.25. The fourth-order valence-corrected chi connectivity index (χ4v) is 2.69. The second kappa shape index (κ2) is 5.74. The Morgan fingerprint density at radius 1 is 0.952 bits per heavy atom. The Kier molecular flexibility index (Phi) is 3.80. The molecule has 0 aliphatic carbocycles. The van der Waals surface area contributed by atoms with Crippen LogP contribution in [0.25, 0.3) is 10.9 Å². The van der Waals surface area contributed by atoms with E-state index in [1.165, 1.54) is 22.0 Å². The Hall–Kier alpha value is -2.06. The number of benzene rings is 2. The van der Waals surface area contributed by atoms with E-state index in [4.69, 9.17) is 0 Å². The largest absolute Gasteiger partial charge is 0.392 e. The first-order valence-corrected chi connectivity index (χ1v) is 7.45. The fraction of sp³-hybridized carbons (Fsp3) is 0.263. The summed E-state index contributed by atoms with van der Waals surface area (Å²) in [4.78, 5) is 0. The van der Waals surface area contributed by atoms with Crippen molar-refractivity contribution in [1.82, 2.24) is 4.57 Å². The molecule has 1 N–H and O–H groups in total. The third-order valence-electron chi connectivity index (χ3n) is 4.02. The van der Waals surface area contributed by atoms with Crippen LogP contribution in [-0.4, -0.2) is 9.67 Å². The molecule has 0 bridgehead atoms. The van der Waals surface area contributed by atoms with Crippen LogP contribution >= 0.6 is 0 Å². The monoisotopic (exact) mass is 279 g/mol. The van der Waals surface area contributed by atoms with Gasteiger partial charge >= 0.3 is 0 Å². The summed E-state index contributed by atoms with van der Waals surface area (Å²) >= 11 is 0. The van der Waals surface area contributed by atoms with Crippen LogP contribution in [0, 0.1) is 0 Å². The summed E-state index contributed by atoms with van der Waals surface area (Å²) in [5.74, 6) is 0.573. The Morgan fingerprint density at radius 2 is 1.67 bits per heavy atom. The van der Waals surface area contributed by atoms with E-state index in [1.807, 2.05) is 12.1 Å². The summed E-state index contributed by atoms with van der Waals surface area (Å²) in [5, 5.41) is 10.4. The van der Waals surface area contributed by atoms with Gasteiger partial charge in [-0.15, -0.1) is 0 Å². The molecule has 3 rings (SSSR count). The van der Waals surface area contributed by atoms with Gasteiger partial charge in [0.05, 0.1) is 6.61 Å². The maximum absolute atomic E-state index is 9.20. The molecule has 108 valence electrons. The molecule has 0 saturated carbocycles. The molecule has 1 heterocycles. The van der Waals surface area contributed by atoms with Crippen molar-refractivity contribution < 1.29 is 5.11 Å². The van der Waals surface area contributed by atoms with Crippen molar-refractivity contribution in [3.05, 3.63) is 71.4 Å². The van der Waals surface area contributed by atoms with Gasteiger partial charge in [-0.3, -0.25) is 0 Å². The number of aromatic nitrogens is 1. The third-order valence-corrected chi connectivity index (χ3v) is 4.02. The first-order valence-electron chi connectivity index (χ1n) is 7.45. The Bertz CT molecular complexity index is 738. The molecule has 2 aromatic carbocycles. The molecule has 3 aromatic rings. The van der Waals surface area contributed by atoms with Crippen LogP contribution in [-0.2, 0) is 13.2 Å². The SMILES string of the molecule is CC(C)c1ccc(Cn2ccc3cc(CO)ccc32)cc1. The third kappa shape index (κ3) is 2.86. The van der Waals surface area contributed by atoms with Crippen molar-refractivity contribution in [2.45, 2.75) is 32.9 Å². The highest BCUT2D eigenvalue weighted by atomic mass is 16.3. The van der Waals surface area contributed by atoms with E-state index in [1.54, 1.807) is 0 Å². The van der Waals surface area contributed by atoms with Crippen LogP contribution < -0.4 is 0 Å². The number of fused-ring (bicyclic) bond motifs is 1. The van der Waals surface area contributed by atoms with Gasteiger partial charge in [-0.25, -0.2) is 0 Å². The normalized spacial score (nSPS) is 11.4. The van der Waals surface area contributed by atoms with Gasteiger partial charge in [0.25, 0.3) is 0 Å². The molecule has 0 aliphatic heterocycles. The molecular formula is C19H21NO. The zero-order valence-electron chi connectivity index (χ0n) is 12.6. The standard InChI is InChI=1S/C19H21NO/c1-14(2)17-6-3-15(4-7-17)12-20-10-9-18-11-16(13-21)5-8-19(18)20/h3-11,14,21H,12-13H2,1-2H3. The lowest BCUT2D eigenvalue weighted by atomic mass is 10.0. The van der Waals surface area contributed by atoms with Crippen molar-refractivity contribution in [3.8, 4) is 0 Å². The molecule has 0 amide bonds. The van der Waals surface area contributed by atoms with Crippen molar-refractivity contribution >= 4 is 10.9 Å². The van der Waals surface area contributed by atoms with Gasteiger partial charge in [-0.2, -0.15) is 0 Å². The van der Waals surface area contributed by atoms with E-state index >= 15 is 0 Å². The van der Waals surface area contributed by atoms with Crippen molar-refractivity contribution in [2.75, 3.05) is 0 Å². The summed E-state index contributed by atoms with van der Waals surface area (Å²) in [7, 11) is 0.